The number of methoxy groups -OCH3 is 1. The highest BCUT2D eigenvalue weighted by Gasteiger charge is 2.36. The third kappa shape index (κ3) is 7.10. The van der Waals surface area contributed by atoms with Gasteiger partial charge in [0.05, 0.1) is 7.11 Å². The zero-order valence-electron chi connectivity index (χ0n) is 15.1. The highest BCUT2D eigenvalue weighted by molar-refractivity contribution is 5.69. The summed E-state index contributed by atoms with van der Waals surface area (Å²) in [6.07, 6.45) is 9.26. The van der Waals surface area contributed by atoms with Gasteiger partial charge in [0, 0.05) is 12.5 Å². The Kier molecular flexibility index (Phi) is 9.73. The molecule has 0 aromatic heterocycles. The molecule has 1 rings (SSSR count). The number of nitrogens with one attached hydrogen (secondary N) is 1. The van der Waals surface area contributed by atoms with Gasteiger partial charge in [-0.2, -0.15) is 0 Å². The maximum Gasteiger partial charge on any atom is 0.305 e. The fourth-order valence-corrected chi connectivity index (χ4v) is 3.70. The Morgan fingerprint density at radius 1 is 1.23 bits per heavy atom. The van der Waals surface area contributed by atoms with Crippen molar-refractivity contribution in [1.29, 1.82) is 0 Å². The van der Waals surface area contributed by atoms with Crippen LogP contribution >= 0.6 is 0 Å². The Morgan fingerprint density at radius 3 is 2.64 bits per heavy atom. The second-order valence-electron chi connectivity index (χ2n) is 6.99. The highest BCUT2D eigenvalue weighted by Crippen LogP contribution is 2.38. The summed E-state index contributed by atoms with van der Waals surface area (Å²) in [5.74, 6) is 1.11. The molecule has 3 atom stereocenters. The minimum Gasteiger partial charge on any atom is -0.469 e. The van der Waals surface area contributed by atoms with Crippen molar-refractivity contribution in [3.8, 4) is 0 Å². The van der Waals surface area contributed by atoms with Gasteiger partial charge in [0.1, 0.15) is 0 Å². The van der Waals surface area contributed by atoms with Crippen molar-refractivity contribution in [2.45, 2.75) is 64.3 Å². The van der Waals surface area contributed by atoms with E-state index >= 15 is 0 Å². The minimum absolute atomic E-state index is 0.0428. The van der Waals surface area contributed by atoms with Crippen LogP contribution in [-0.4, -0.2) is 51.2 Å². The third-order valence-corrected chi connectivity index (χ3v) is 4.96. The van der Waals surface area contributed by atoms with Crippen LogP contribution in [0, 0.1) is 11.8 Å². The summed E-state index contributed by atoms with van der Waals surface area (Å²) in [4.78, 5) is 13.9. The molecule has 4 heteroatoms. The molecule has 0 amide bonds. The summed E-state index contributed by atoms with van der Waals surface area (Å²) in [7, 11) is 5.74. The molecule has 0 unspecified atom stereocenters. The van der Waals surface area contributed by atoms with E-state index in [9.17, 15) is 4.79 Å². The van der Waals surface area contributed by atoms with Crippen LogP contribution in [0.2, 0.25) is 0 Å². The summed E-state index contributed by atoms with van der Waals surface area (Å²) in [5.41, 5.74) is 0. The first-order valence-corrected chi connectivity index (χ1v) is 9.03. The van der Waals surface area contributed by atoms with Gasteiger partial charge in [0.25, 0.3) is 0 Å². The Balaban J connectivity index is 2.44. The molecule has 1 aliphatic rings. The Hall–Kier alpha value is -0.610. The van der Waals surface area contributed by atoms with E-state index in [0.29, 0.717) is 24.3 Å². The summed E-state index contributed by atoms with van der Waals surface area (Å²) in [6, 6.07) is 0.591. The molecule has 1 aliphatic carbocycles. The van der Waals surface area contributed by atoms with E-state index in [-0.39, 0.29) is 5.97 Å². The normalized spacial score (nSPS) is 24.9. The van der Waals surface area contributed by atoms with Crippen molar-refractivity contribution in [1.82, 2.24) is 10.2 Å². The number of carbonyl (C=O) groups excluding carboxylic acids is 1. The lowest BCUT2D eigenvalue weighted by atomic mass is 9.86. The SMILES string of the molecule is CCCCC[C@@H]1[C@@H](CC(=O)OC)CC[C@@H]1NCCCN(C)C. The van der Waals surface area contributed by atoms with Crippen molar-refractivity contribution in [3.63, 3.8) is 0 Å². The van der Waals surface area contributed by atoms with E-state index in [1.807, 2.05) is 0 Å². The standard InChI is InChI=1S/C18H36N2O2/c1-5-6-7-9-16-15(14-18(21)22-4)10-11-17(16)19-12-8-13-20(2)3/h15-17,19H,5-14H2,1-4H3/t15-,16-,17+/m1/s1. The lowest BCUT2D eigenvalue weighted by Gasteiger charge is -2.26. The first-order chi connectivity index (χ1) is 10.6. The quantitative estimate of drug-likeness (QED) is 0.470. The van der Waals surface area contributed by atoms with Crippen LogP contribution < -0.4 is 5.32 Å². The second-order valence-corrected chi connectivity index (χ2v) is 6.99. The summed E-state index contributed by atoms with van der Waals surface area (Å²) < 4.78 is 4.88. The molecule has 0 radical (unpaired) electrons. The highest BCUT2D eigenvalue weighted by atomic mass is 16.5. The molecule has 0 aliphatic heterocycles. The van der Waals surface area contributed by atoms with Gasteiger partial charge in [-0.05, 0) is 64.7 Å². The number of unbranched alkanes of at least 4 members (excludes halogenated alkanes) is 2. The van der Waals surface area contributed by atoms with E-state index in [4.69, 9.17) is 4.74 Å². The molecule has 22 heavy (non-hydrogen) atoms. The first kappa shape index (κ1) is 19.4. The first-order valence-electron chi connectivity index (χ1n) is 9.03. The Morgan fingerprint density at radius 2 is 2.00 bits per heavy atom. The molecular weight excluding hydrogens is 276 g/mol. The van der Waals surface area contributed by atoms with E-state index < -0.39 is 0 Å². The molecule has 130 valence electrons. The molecule has 0 saturated heterocycles. The average Bonchev–Trinajstić information content (AvgIpc) is 2.86. The van der Waals surface area contributed by atoms with E-state index in [2.05, 4.69) is 31.2 Å². The van der Waals surface area contributed by atoms with Gasteiger partial charge >= 0.3 is 5.97 Å². The van der Waals surface area contributed by atoms with Crippen LogP contribution in [0.5, 0.6) is 0 Å². The van der Waals surface area contributed by atoms with E-state index in [1.165, 1.54) is 45.6 Å². The van der Waals surface area contributed by atoms with Crippen molar-refractivity contribution < 1.29 is 9.53 Å². The van der Waals surface area contributed by atoms with Gasteiger partial charge in [-0.1, -0.05) is 26.2 Å². The predicted octanol–water partition coefficient (Wildman–Crippen LogP) is 3.07. The molecular formula is C18H36N2O2. The van der Waals surface area contributed by atoms with Crippen molar-refractivity contribution >= 4 is 5.97 Å². The van der Waals surface area contributed by atoms with Crippen LogP contribution in [0.1, 0.15) is 58.3 Å². The minimum atomic E-state index is -0.0428. The molecule has 0 aromatic rings. The lowest BCUT2D eigenvalue weighted by molar-refractivity contribution is -0.142. The number of rotatable bonds is 11. The number of hydrogen-bond donors (Lipinski definition) is 1. The molecule has 0 bridgehead atoms. The number of nitrogens with zero attached hydrogens (tertiary/aromatic N) is 1. The fourth-order valence-electron chi connectivity index (χ4n) is 3.70. The fraction of sp³-hybridized carbons (Fsp3) is 0.944. The summed E-state index contributed by atoms with van der Waals surface area (Å²) >= 11 is 0. The van der Waals surface area contributed by atoms with Gasteiger partial charge in [0.15, 0.2) is 0 Å². The van der Waals surface area contributed by atoms with Crippen LogP contribution in [-0.2, 0) is 9.53 Å². The monoisotopic (exact) mass is 312 g/mol. The predicted molar refractivity (Wildman–Crippen MR) is 92.0 cm³/mol. The van der Waals surface area contributed by atoms with E-state index in [0.717, 1.165) is 19.5 Å². The number of ether oxygens (including phenoxy) is 1. The van der Waals surface area contributed by atoms with Crippen molar-refractivity contribution in [2.24, 2.45) is 11.8 Å². The zero-order chi connectivity index (χ0) is 16.4. The lowest BCUT2D eigenvalue weighted by Crippen LogP contribution is -2.36. The van der Waals surface area contributed by atoms with Crippen LogP contribution in [0.4, 0.5) is 0 Å². The van der Waals surface area contributed by atoms with Crippen molar-refractivity contribution in [2.75, 3.05) is 34.3 Å². The zero-order valence-corrected chi connectivity index (χ0v) is 15.1. The van der Waals surface area contributed by atoms with Gasteiger partial charge in [-0.25, -0.2) is 0 Å². The van der Waals surface area contributed by atoms with Crippen LogP contribution in [0.25, 0.3) is 0 Å². The molecule has 1 saturated carbocycles. The van der Waals surface area contributed by atoms with Crippen LogP contribution in [0.3, 0.4) is 0 Å². The number of hydrogen-bond acceptors (Lipinski definition) is 4. The molecule has 0 heterocycles. The Bertz CT molecular complexity index is 307. The summed E-state index contributed by atoms with van der Waals surface area (Å²) in [6.45, 7) is 4.46. The molecule has 1 fully saturated rings. The largest absolute Gasteiger partial charge is 0.469 e. The summed E-state index contributed by atoms with van der Waals surface area (Å²) in [5, 5.41) is 3.76. The maximum absolute atomic E-state index is 11.6. The second kappa shape index (κ2) is 11.0. The third-order valence-electron chi connectivity index (χ3n) is 4.96. The van der Waals surface area contributed by atoms with Crippen molar-refractivity contribution in [3.05, 3.63) is 0 Å². The number of esters is 1. The smallest absolute Gasteiger partial charge is 0.305 e. The van der Waals surface area contributed by atoms with Crippen LogP contribution in [0.15, 0.2) is 0 Å². The van der Waals surface area contributed by atoms with E-state index in [1.54, 1.807) is 0 Å². The van der Waals surface area contributed by atoms with Gasteiger partial charge in [-0.15, -0.1) is 0 Å². The molecule has 4 nitrogen and oxygen atoms in total. The molecule has 1 N–H and O–H groups in total. The average molecular weight is 312 g/mol. The maximum atomic E-state index is 11.6. The van der Waals surface area contributed by atoms with Gasteiger partial charge < -0.3 is 15.0 Å². The Labute approximate surface area is 137 Å². The van der Waals surface area contributed by atoms with Gasteiger partial charge in [-0.3, -0.25) is 4.79 Å². The molecule has 0 spiro atoms. The number of carbonyl (C=O) groups is 1. The molecule has 0 aromatic carbocycles. The van der Waals surface area contributed by atoms with Gasteiger partial charge in [0.2, 0.25) is 0 Å². The topological polar surface area (TPSA) is 41.6 Å².